The molecule has 0 saturated heterocycles. The largest absolute Gasteiger partial charge is 0.495 e. The summed E-state index contributed by atoms with van der Waals surface area (Å²) >= 11 is 0. The van der Waals surface area contributed by atoms with Gasteiger partial charge in [-0.15, -0.1) is 6.42 Å². The van der Waals surface area contributed by atoms with Gasteiger partial charge < -0.3 is 24.1 Å². The number of hydrogen-bond donors (Lipinski definition) is 0. The van der Waals surface area contributed by atoms with Gasteiger partial charge in [-0.2, -0.15) is 4.79 Å². The molecule has 4 aromatic carbocycles. The summed E-state index contributed by atoms with van der Waals surface area (Å²) in [6.45, 7) is 1.10. The second kappa shape index (κ2) is 15.1. The minimum atomic E-state index is -3.70. The lowest BCUT2D eigenvalue weighted by Crippen LogP contribution is -2.13. The van der Waals surface area contributed by atoms with Gasteiger partial charge in [-0.3, -0.25) is 9.59 Å². The third kappa shape index (κ3) is 7.29. The summed E-state index contributed by atoms with van der Waals surface area (Å²) < 4.78 is 30.7. The molecule has 0 aliphatic carbocycles. The zero-order chi connectivity index (χ0) is 29.7. The molecule has 0 heterocycles. The van der Waals surface area contributed by atoms with Gasteiger partial charge in [-0.25, -0.2) is 4.57 Å². The Balaban J connectivity index is 0.000000211. The number of benzene rings is 4. The number of carbonyl (C=O) groups excluding carboxylic acids is 2. The number of hydrogen-bond acceptors (Lipinski definition) is 7. The number of fused-ring (bicyclic) bond motifs is 2. The quantitative estimate of drug-likeness (QED) is 0.0660. The van der Waals surface area contributed by atoms with E-state index in [0.29, 0.717) is 11.3 Å². The molecule has 0 fully saturated rings. The summed E-state index contributed by atoms with van der Waals surface area (Å²) in [6, 6.07) is 23.5. The van der Waals surface area contributed by atoms with Crippen molar-refractivity contribution in [3.63, 3.8) is 0 Å². The Labute approximate surface area is 232 Å². The molecule has 40 heavy (non-hydrogen) atoms. The summed E-state index contributed by atoms with van der Waals surface area (Å²) in [5, 5.41) is 4.25. The third-order valence-electron chi connectivity index (χ3n) is 5.63. The van der Waals surface area contributed by atoms with Gasteiger partial charge in [0.15, 0.2) is 6.29 Å². The van der Waals surface area contributed by atoms with Crippen molar-refractivity contribution in [3.8, 4) is 23.8 Å². The van der Waals surface area contributed by atoms with Crippen LogP contribution in [0.4, 0.5) is 0 Å². The average molecular weight is 561 g/mol. The number of aldehydes is 1. The van der Waals surface area contributed by atoms with Crippen LogP contribution in [0.2, 0.25) is 0 Å². The van der Waals surface area contributed by atoms with Crippen LogP contribution in [0.25, 0.3) is 27.1 Å². The number of rotatable bonds is 7. The average Bonchev–Trinajstić information content (AvgIpc) is 3.00. The Morgan fingerprint density at radius 3 is 1.75 bits per heavy atom. The van der Waals surface area contributed by atoms with Crippen LogP contribution in [-0.4, -0.2) is 50.8 Å². The molecular weight excluding hydrogens is 531 g/mol. The molecule has 0 atom stereocenters. The summed E-state index contributed by atoms with van der Waals surface area (Å²) in [4.78, 5) is 24.0. The van der Waals surface area contributed by atoms with E-state index in [2.05, 4.69) is 19.8 Å². The maximum Gasteiger partial charge on any atom is 0.446 e. The lowest BCUT2D eigenvalue weighted by molar-refractivity contribution is -0.114. The van der Waals surface area contributed by atoms with Crippen LogP contribution in [0.1, 0.15) is 22.8 Å². The Hall–Kier alpha value is -4.57. The van der Waals surface area contributed by atoms with E-state index < -0.39 is 18.8 Å². The number of ketones is 1. The fourth-order valence-corrected chi connectivity index (χ4v) is 4.71. The number of methoxy groups -OCH3 is 2. The van der Waals surface area contributed by atoms with Gasteiger partial charge in [-0.05, 0) is 22.9 Å². The first-order valence-corrected chi connectivity index (χ1v) is 13.3. The Morgan fingerprint density at radius 1 is 0.850 bits per heavy atom. The zero-order valence-corrected chi connectivity index (χ0v) is 23.7. The van der Waals surface area contributed by atoms with Crippen molar-refractivity contribution in [2.24, 2.45) is 0 Å². The zero-order valence-electron chi connectivity index (χ0n) is 22.8. The van der Waals surface area contributed by atoms with Crippen LogP contribution in [0.5, 0.6) is 11.5 Å². The second-order valence-electron chi connectivity index (χ2n) is 7.88. The van der Waals surface area contributed by atoms with E-state index in [9.17, 15) is 14.2 Å². The molecule has 4 rings (SSSR count). The van der Waals surface area contributed by atoms with Gasteiger partial charge in [0.1, 0.15) is 11.5 Å². The van der Waals surface area contributed by atoms with Gasteiger partial charge in [0, 0.05) is 31.9 Å². The normalized spacial score (nSPS) is 10.1. The van der Waals surface area contributed by atoms with Crippen molar-refractivity contribution in [1.29, 1.82) is 0 Å². The van der Waals surface area contributed by atoms with Crippen molar-refractivity contribution in [3.05, 3.63) is 89.5 Å². The van der Waals surface area contributed by atoms with Crippen molar-refractivity contribution in [2.75, 3.05) is 28.4 Å². The number of carbonyl (C=O) groups is 2. The topological polar surface area (TPSA) is 125 Å². The van der Waals surface area contributed by atoms with Crippen molar-refractivity contribution < 1.29 is 37.5 Å². The van der Waals surface area contributed by atoms with Crippen molar-refractivity contribution in [1.82, 2.24) is 0 Å². The monoisotopic (exact) mass is 560 g/mol. The fourth-order valence-electron chi connectivity index (χ4n) is 3.72. The third-order valence-corrected chi connectivity index (χ3v) is 7.51. The molecule has 0 radical (unpaired) electrons. The van der Waals surface area contributed by atoms with E-state index in [1.54, 1.807) is 20.3 Å². The summed E-state index contributed by atoms with van der Waals surface area (Å²) in [5.74, 6) is 3.39. The molecule has 0 amide bonds. The molecule has 0 aromatic heterocycles. The van der Waals surface area contributed by atoms with Gasteiger partial charge in [-0.1, -0.05) is 66.6 Å². The first-order chi connectivity index (χ1) is 19.2. The fraction of sp³-hybridized carbons (Fsp3) is 0.167. The van der Waals surface area contributed by atoms with Crippen LogP contribution >= 0.6 is 7.60 Å². The highest BCUT2D eigenvalue weighted by Gasteiger charge is 2.41. The number of terminal acetylenes is 1. The summed E-state index contributed by atoms with van der Waals surface area (Å²) in [7, 11) is 1.71. The molecule has 10 heteroatoms. The number of Topliss-reactive ketones (excluding diaryl/α,β-unsaturated/α-hetero) is 1. The molecule has 0 bridgehead atoms. The van der Waals surface area contributed by atoms with E-state index in [1.165, 1.54) is 0 Å². The van der Waals surface area contributed by atoms with Gasteiger partial charge in [0.05, 0.1) is 25.3 Å². The molecule has 206 valence electrons. The van der Waals surface area contributed by atoms with E-state index in [-0.39, 0.29) is 0 Å². The smallest absolute Gasteiger partial charge is 0.446 e. The molecule has 0 aliphatic rings. The molecule has 9 nitrogen and oxygen atoms in total. The first kappa shape index (κ1) is 31.6. The molecule has 4 aromatic rings. The maximum atomic E-state index is 11.4. The van der Waals surface area contributed by atoms with Gasteiger partial charge >= 0.3 is 13.0 Å². The minimum Gasteiger partial charge on any atom is -0.495 e. The molecule has 0 N–H and O–H groups in total. The molecule has 0 spiro atoms. The van der Waals surface area contributed by atoms with Gasteiger partial charge in [0.25, 0.3) is 0 Å². The first-order valence-electron chi connectivity index (χ1n) is 11.7. The van der Waals surface area contributed by atoms with E-state index >= 15 is 0 Å². The number of ether oxygens (including phenoxy) is 2. The molecule has 0 unspecified atom stereocenters. The second-order valence-corrected chi connectivity index (χ2v) is 10.0. The van der Waals surface area contributed by atoms with E-state index in [0.717, 1.165) is 60.3 Å². The SMILES string of the molecule is C#Cc1ccc2ccccc2c1OC.COP(=O)(OC)C(=[N+]=[N-])C(C)=O.COc1c(C=O)ccc2ccccc12. The maximum absolute atomic E-state index is 11.4. The van der Waals surface area contributed by atoms with E-state index in [4.69, 9.17) is 21.4 Å². The predicted molar refractivity (Wildman–Crippen MR) is 155 cm³/mol. The van der Waals surface area contributed by atoms with Crippen LogP contribution in [-0.2, 0) is 18.4 Å². The standard InChI is InChI=1S/C13H10O.C12H10O2.C5H9N2O4P/c1-3-10-8-9-11-6-4-5-7-12(11)13(10)14-2;1-14-12-10(8-13)7-6-9-4-2-3-5-11(9)12;1-4(8)5(7-6)12(9,10-2)11-3/h1,4-9H,2H3;2-8H,1H3;1-3H3. The van der Waals surface area contributed by atoms with Crippen molar-refractivity contribution >= 4 is 46.7 Å². The highest BCUT2D eigenvalue weighted by atomic mass is 31.2. The van der Waals surface area contributed by atoms with Crippen LogP contribution in [0, 0.1) is 12.3 Å². The summed E-state index contributed by atoms with van der Waals surface area (Å²) in [6.07, 6.45) is 6.20. The number of nitrogens with zero attached hydrogens (tertiary/aromatic N) is 2. The van der Waals surface area contributed by atoms with Crippen LogP contribution in [0.15, 0.2) is 72.8 Å². The predicted octanol–water partition coefficient (Wildman–Crippen LogP) is 6.18. The lowest BCUT2D eigenvalue weighted by atomic mass is 10.1. The van der Waals surface area contributed by atoms with Crippen molar-refractivity contribution in [2.45, 2.75) is 6.92 Å². The lowest BCUT2D eigenvalue weighted by Gasteiger charge is -2.07. The Kier molecular flexibility index (Phi) is 12.0. The Bertz CT molecular complexity index is 1650. The molecular formula is C30H29N2O7P. The van der Waals surface area contributed by atoms with Crippen LogP contribution in [0.3, 0.4) is 0 Å². The molecule has 0 aliphatic heterocycles. The summed E-state index contributed by atoms with van der Waals surface area (Å²) in [5.41, 5.74) is 9.11. The van der Waals surface area contributed by atoms with Crippen LogP contribution < -0.4 is 9.47 Å². The minimum absolute atomic E-state index is 0.589. The Morgan fingerprint density at radius 2 is 1.35 bits per heavy atom. The highest BCUT2D eigenvalue weighted by Crippen LogP contribution is 2.47. The van der Waals surface area contributed by atoms with E-state index in [1.807, 2.05) is 66.7 Å². The van der Waals surface area contributed by atoms with Gasteiger partial charge in [0.2, 0.25) is 5.78 Å². The molecule has 0 saturated carbocycles. The highest BCUT2D eigenvalue weighted by molar-refractivity contribution is 7.74.